The van der Waals surface area contributed by atoms with Crippen LogP contribution in [0.2, 0.25) is 0 Å². The summed E-state index contributed by atoms with van der Waals surface area (Å²) < 4.78 is 10.4. The highest BCUT2D eigenvalue weighted by molar-refractivity contribution is 6.01. The van der Waals surface area contributed by atoms with Crippen LogP contribution in [0.1, 0.15) is 19.4 Å². The highest BCUT2D eigenvalue weighted by Gasteiger charge is 2.14. The van der Waals surface area contributed by atoms with E-state index in [4.69, 9.17) is 14.7 Å². The molecule has 1 amide bonds. The van der Waals surface area contributed by atoms with E-state index in [2.05, 4.69) is 11.9 Å². The number of nitrogens with one attached hydrogen (secondary N) is 1. The van der Waals surface area contributed by atoms with E-state index in [1.807, 2.05) is 6.07 Å². The van der Waals surface area contributed by atoms with Crippen LogP contribution in [0.4, 0.5) is 0 Å². The number of benzene rings is 1. The van der Waals surface area contributed by atoms with Crippen LogP contribution in [0, 0.1) is 17.2 Å². The van der Waals surface area contributed by atoms with Gasteiger partial charge in [0.15, 0.2) is 11.5 Å². The third-order valence-electron chi connectivity index (χ3n) is 2.95. The van der Waals surface area contributed by atoms with Crippen LogP contribution >= 0.6 is 0 Å². The van der Waals surface area contributed by atoms with Crippen molar-refractivity contribution in [2.45, 2.75) is 13.8 Å². The van der Waals surface area contributed by atoms with Gasteiger partial charge >= 0.3 is 5.97 Å². The van der Waals surface area contributed by atoms with Crippen molar-refractivity contribution in [1.29, 1.82) is 5.26 Å². The highest BCUT2D eigenvalue weighted by Crippen LogP contribution is 2.29. The number of rotatable bonds is 7. The van der Waals surface area contributed by atoms with Crippen LogP contribution in [0.5, 0.6) is 11.5 Å². The zero-order chi connectivity index (χ0) is 18.1. The first-order valence-electron chi connectivity index (χ1n) is 7.33. The van der Waals surface area contributed by atoms with Gasteiger partial charge in [0.1, 0.15) is 11.6 Å². The monoisotopic (exact) mass is 328 g/mol. The molecule has 1 N–H and O–H groups in total. The van der Waals surface area contributed by atoms with Crippen molar-refractivity contribution < 1.29 is 19.1 Å². The minimum Gasteiger partial charge on any atom is -0.493 e. The second-order valence-corrected chi connectivity index (χ2v) is 5.15. The van der Waals surface area contributed by atoms with Crippen LogP contribution in [0.3, 0.4) is 0 Å². The van der Waals surface area contributed by atoms with Gasteiger partial charge in [0, 0.05) is 6.54 Å². The molecule has 0 spiro atoms. The Labute approximate surface area is 141 Å². The summed E-state index contributed by atoms with van der Waals surface area (Å²) >= 11 is 0. The number of esters is 1. The topological polar surface area (TPSA) is 88.4 Å². The van der Waals surface area contributed by atoms with Gasteiger partial charge in [-0.3, -0.25) is 9.59 Å². The normalized spacial score (nSPS) is 10.7. The number of ether oxygens (including phenoxy) is 2. The molecule has 0 radical (unpaired) electrons. The first-order chi connectivity index (χ1) is 11.4. The summed E-state index contributed by atoms with van der Waals surface area (Å²) in [5.74, 6) is -0.526. The smallest absolute Gasteiger partial charge is 0.313 e. The molecule has 0 saturated carbocycles. The fraction of sp³-hybridized carbons (Fsp3) is 0.278. The second-order valence-electron chi connectivity index (χ2n) is 5.15. The number of carbonyl (C=O) groups excluding carboxylic acids is 2. The highest BCUT2D eigenvalue weighted by atomic mass is 16.6. The summed E-state index contributed by atoms with van der Waals surface area (Å²) in [5.41, 5.74) is 0.521. The van der Waals surface area contributed by atoms with Crippen molar-refractivity contribution in [3.63, 3.8) is 0 Å². The zero-order valence-corrected chi connectivity index (χ0v) is 14.0. The van der Waals surface area contributed by atoms with Crippen molar-refractivity contribution >= 4 is 18.0 Å². The molecule has 0 saturated heterocycles. The lowest BCUT2D eigenvalue weighted by atomic mass is 10.1. The average molecular weight is 328 g/mol. The summed E-state index contributed by atoms with van der Waals surface area (Å²) in [6.45, 7) is 7.22. The lowest BCUT2D eigenvalue weighted by Crippen LogP contribution is -2.24. The quantitative estimate of drug-likeness (QED) is 0.273. The molecular weight excluding hydrogens is 308 g/mol. The summed E-state index contributed by atoms with van der Waals surface area (Å²) in [5, 5.41) is 11.6. The van der Waals surface area contributed by atoms with Crippen molar-refractivity contribution in [2.75, 3.05) is 13.7 Å². The maximum absolute atomic E-state index is 11.8. The van der Waals surface area contributed by atoms with Crippen LogP contribution in [0.15, 0.2) is 36.4 Å². The van der Waals surface area contributed by atoms with E-state index in [-0.39, 0.29) is 29.8 Å². The predicted octanol–water partition coefficient (Wildman–Crippen LogP) is 2.47. The molecule has 24 heavy (non-hydrogen) atoms. The third-order valence-corrected chi connectivity index (χ3v) is 2.95. The number of hydrogen-bond acceptors (Lipinski definition) is 5. The SMILES string of the molecule is C=CCNC(=O)/C(C#N)=C/c1ccc(OC(=O)C(C)C)c(OC)c1. The van der Waals surface area contributed by atoms with E-state index in [1.54, 1.807) is 32.0 Å². The molecule has 0 aliphatic rings. The lowest BCUT2D eigenvalue weighted by molar-refractivity contribution is -0.137. The predicted molar refractivity (Wildman–Crippen MR) is 90.3 cm³/mol. The second kappa shape index (κ2) is 9.16. The Bertz CT molecular complexity index is 699. The van der Waals surface area contributed by atoms with Gasteiger partial charge < -0.3 is 14.8 Å². The van der Waals surface area contributed by atoms with Crippen molar-refractivity contribution in [1.82, 2.24) is 5.32 Å². The Balaban J connectivity index is 3.07. The first kappa shape index (κ1) is 19.0. The molecule has 6 heteroatoms. The molecule has 0 heterocycles. The van der Waals surface area contributed by atoms with Gasteiger partial charge in [0.25, 0.3) is 5.91 Å². The number of nitrogens with zero attached hydrogens (tertiary/aromatic N) is 1. The number of hydrogen-bond donors (Lipinski definition) is 1. The molecule has 1 rings (SSSR count). The van der Waals surface area contributed by atoms with E-state index >= 15 is 0 Å². The third kappa shape index (κ3) is 5.29. The molecule has 126 valence electrons. The maximum Gasteiger partial charge on any atom is 0.313 e. The average Bonchev–Trinajstić information content (AvgIpc) is 2.58. The Morgan fingerprint density at radius 1 is 1.38 bits per heavy atom. The van der Waals surface area contributed by atoms with Crippen molar-refractivity contribution in [3.8, 4) is 17.6 Å². The summed E-state index contributed by atoms with van der Waals surface area (Å²) in [6, 6.07) is 6.62. The molecule has 6 nitrogen and oxygen atoms in total. The van der Waals surface area contributed by atoms with Gasteiger partial charge in [0.05, 0.1) is 13.0 Å². The zero-order valence-electron chi connectivity index (χ0n) is 14.0. The Morgan fingerprint density at radius 3 is 2.62 bits per heavy atom. The fourth-order valence-electron chi connectivity index (χ4n) is 1.66. The van der Waals surface area contributed by atoms with E-state index in [1.165, 1.54) is 19.3 Å². The fourth-order valence-corrected chi connectivity index (χ4v) is 1.66. The minimum atomic E-state index is -0.494. The standard InChI is InChI=1S/C18H20N2O4/c1-5-8-20-17(21)14(11-19)9-13-6-7-15(16(10-13)23-4)24-18(22)12(2)3/h5-7,9-10,12H,1,8H2,2-4H3,(H,20,21)/b14-9+. The Hall–Kier alpha value is -3.07. The lowest BCUT2D eigenvalue weighted by Gasteiger charge is -2.11. The van der Waals surface area contributed by atoms with E-state index in [0.717, 1.165) is 0 Å². The van der Waals surface area contributed by atoms with Crippen LogP contribution < -0.4 is 14.8 Å². The van der Waals surface area contributed by atoms with Crippen molar-refractivity contribution in [3.05, 3.63) is 42.0 Å². The van der Waals surface area contributed by atoms with E-state index in [9.17, 15) is 9.59 Å². The van der Waals surface area contributed by atoms with Gasteiger partial charge in [-0.1, -0.05) is 26.0 Å². The molecule has 0 unspecified atom stereocenters. The molecule has 0 fully saturated rings. The van der Waals surface area contributed by atoms with Gasteiger partial charge in [-0.05, 0) is 23.8 Å². The molecule has 0 aliphatic carbocycles. The summed E-state index contributed by atoms with van der Waals surface area (Å²) in [6.07, 6.45) is 2.95. The summed E-state index contributed by atoms with van der Waals surface area (Å²) in [7, 11) is 1.44. The van der Waals surface area contributed by atoms with Gasteiger partial charge in [-0.25, -0.2) is 0 Å². The van der Waals surface area contributed by atoms with Gasteiger partial charge in [-0.15, -0.1) is 6.58 Å². The molecule has 0 aromatic heterocycles. The molecule has 0 aliphatic heterocycles. The largest absolute Gasteiger partial charge is 0.493 e. The van der Waals surface area contributed by atoms with Gasteiger partial charge in [-0.2, -0.15) is 5.26 Å². The maximum atomic E-state index is 11.8. The van der Waals surface area contributed by atoms with Crippen LogP contribution in [0.25, 0.3) is 6.08 Å². The van der Waals surface area contributed by atoms with Crippen molar-refractivity contribution in [2.24, 2.45) is 5.92 Å². The molecular formula is C18H20N2O4. The Kier molecular flexibility index (Phi) is 7.24. The molecule has 0 atom stereocenters. The molecule has 1 aromatic carbocycles. The van der Waals surface area contributed by atoms with E-state index < -0.39 is 5.91 Å². The first-order valence-corrected chi connectivity index (χ1v) is 7.33. The van der Waals surface area contributed by atoms with E-state index in [0.29, 0.717) is 11.3 Å². The molecule has 0 bridgehead atoms. The van der Waals surface area contributed by atoms with Crippen LogP contribution in [-0.4, -0.2) is 25.5 Å². The summed E-state index contributed by atoms with van der Waals surface area (Å²) in [4.78, 5) is 23.5. The minimum absolute atomic E-state index is 0.0502. The number of carbonyl (C=O) groups is 2. The Morgan fingerprint density at radius 2 is 2.08 bits per heavy atom. The number of nitriles is 1. The number of amides is 1. The van der Waals surface area contributed by atoms with Crippen LogP contribution in [-0.2, 0) is 9.59 Å². The molecule has 1 aromatic rings. The van der Waals surface area contributed by atoms with Gasteiger partial charge in [0.2, 0.25) is 0 Å². The number of methoxy groups -OCH3 is 1.